The van der Waals surface area contributed by atoms with Gasteiger partial charge in [0.15, 0.2) is 0 Å². The van der Waals surface area contributed by atoms with Crippen LogP contribution in [0.2, 0.25) is 0 Å². The highest BCUT2D eigenvalue weighted by Gasteiger charge is 2.33. The highest BCUT2D eigenvalue weighted by Crippen LogP contribution is 2.23. The van der Waals surface area contributed by atoms with E-state index in [1.807, 2.05) is 0 Å². The zero-order chi connectivity index (χ0) is 17.3. The predicted molar refractivity (Wildman–Crippen MR) is 91.6 cm³/mol. The van der Waals surface area contributed by atoms with Crippen LogP contribution < -0.4 is 9.62 Å². The van der Waals surface area contributed by atoms with Gasteiger partial charge in [0, 0.05) is 29.2 Å². The summed E-state index contributed by atoms with van der Waals surface area (Å²) in [6, 6.07) is 11.2. The SMILES string of the molecule is O=C1CC(NS(=O)(=O)c2ccc(Br)cc2)CN1c1ccc(F)cc1. The third-order valence-corrected chi connectivity index (χ3v) is 5.77. The number of hydrogen-bond donors (Lipinski definition) is 1. The smallest absolute Gasteiger partial charge is 0.240 e. The van der Waals surface area contributed by atoms with Crippen molar-refractivity contribution in [2.75, 3.05) is 11.4 Å². The van der Waals surface area contributed by atoms with Crippen LogP contribution in [0.4, 0.5) is 10.1 Å². The second-order valence-corrected chi connectivity index (χ2v) is 8.09. The molecule has 126 valence electrons. The van der Waals surface area contributed by atoms with Gasteiger partial charge in [0.1, 0.15) is 5.82 Å². The first-order chi connectivity index (χ1) is 11.3. The fourth-order valence-electron chi connectivity index (χ4n) is 2.56. The monoisotopic (exact) mass is 412 g/mol. The largest absolute Gasteiger partial charge is 0.311 e. The number of nitrogens with zero attached hydrogens (tertiary/aromatic N) is 1. The lowest BCUT2D eigenvalue weighted by atomic mass is 10.3. The zero-order valence-electron chi connectivity index (χ0n) is 12.4. The van der Waals surface area contributed by atoms with Crippen molar-refractivity contribution < 1.29 is 17.6 Å². The summed E-state index contributed by atoms with van der Waals surface area (Å²) in [5.41, 5.74) is 0.548. The first-order valence-corrected chi connectivity index (χ1v) is 9.46. The van der Waals surface area contributed by atoms with Crippen molar-refractivity contribution >= 4 is 37.5 Å². The molecule has 2 aromatic carbocycles. The van der Waals surface area contributed by atoms with Crippen molar-refractivity contribution in [2.45, 2.75) is 17.4 Å². The molecule has 24 heavy (non-hydrogen) atoms. The average molecular weight is 413 g/mol. The van der Waals surface area contributed by atoms with Crippen molar-refractivity contribution in [2.24, 2.45) is 0 Å². The van der Waals surface area contributed by atoms with Crippen molar-refractivity contribution in [1.82, 2.24) is 4.72 Å². The summed E-state index contributed by atoms with van der Waals surface area (Å²) in [7, 11) is -3.71. The van der Waals surface area contributed by atoms with Gasteiger partial charge in [0.05, 0.1) is 4.90 Å². The van der Waals surface area contributed by atoms with E-state index in [0.717, 1.165) is 4.47 Å². The Hall–Kier alpha value is -1.77. The van der Waals surface area contributed by atoms with E-state index < -0.39 is 21.9 Å². The van der Waals surface area contributed by atoms with Gasteiger partial charge in [-0.2, -0.15) is 0 Å². The summed E-state index contributed by atoms with van der Waals surface area (Å²) in [5, 5.41) is 0. The number of nitrogens with one attached hydrogen (secondary N) is 1. The molecule has 1 aliphatic heterocycles. The van der Waals surface area contributed by atoms with Crippen LogP contribution in [0.3, 0.4) is 0 Å². The van der Waals surface area contributed by atoms with E-state index in [2.05, 4.69) is 20.7 Å². The van der Waals surface area contributed by atoms with Crippen LogP contribution in [0.25, 0.3) is 0 Å². The Morgan fingerprint density at radius 3 is 2.33 bits per heavy atom. The lowest BCUT2D eigenvalue weighted by molar-refractivity contribution is -0.117. The maximum absolute atomic E-state index is 13.0. The molecule has 1 unspecified atom stereocenters. The van der Waals surface area contributed by atoms with Gasteiger partial charge in [-0.25, -0.2) is 17.5 Å². The summed E-state index contributed by atoms with van der Waals surface area (Å²) in [5.74, 6) is -0.594. The van der Waals surface area contributed by atoms with Crippen molar-refractivity contribution in [1.29, 1.82) is 0 Å². The maximum atomic E-state index is 13.0. The Balaban J connectivity index is 1.74. The maximum Gasteiger partial charge on any atom is 0.240 e. The topological polar surface area (TPSA) is 66.5 Å². The molecule has 0 aromatic heterocycles. The molecule has 0 spiro atoms. The number of halogens is 2. The van der Waals surface area contributed by atoms with Crippen molar-refractivity contribution in [3.63, 3.8) is 0 Å². The van der Waals surface area contributed by atoms with Crippen LogP contribution in [-0.2, 0) is 14.8 Å². The molecule has 1 heterocycles. The van der Waals surface area contributed by atoms with Crippen LogP contribution >= 0.6 is 15.9 Å². The Kier molecular flexibility index (Phi) is 4.71. The van der Waals surface area contributed by atoms with E-state index in [9.17, 15) is 17.6 Å². The van der Waals surface area contributed by atoms with E-state index in [4.69, 9.17) is 0 Å². The molecule has 8 heteroatoms. The molecule has 1 fully saturated rings. The summed E-state index contributed by atoms with van der Waals surface area (Å²) >= 11 is 3.25. The summed E-state index contributed by atoms with van der Waals surface area (Å²) in [6.45, 7) is 0.209. The van der Waals surface area contributed by atoms with E-state index in [1.165, 1.54) is 41.3 Å². The highest BCUT2D eigenvalue weighted by molar-refractivity contribution is 9.10. The first-order valence-electron chi connectivity index (χ1n) is 7.19. The minimum absolute atomic E-state index is 0.0626. The number of benzene rings is 2. The zero-order valence-corrected chi connectivity index (χ0v) is 14.8. The number of amides is 1. The standard InChI is InChI=1S/C16H14BrFN2O3S/c17-11-1-7-15(8-2-11)24(22,23)19-13-9-16(21)20(10-13)14-5-3-12(18)4-6-14/h1-8,13,19H,9-10H2. The van der Waals surface area contributed by atoms with Crippen LogP contribution in [-0.4, -0.2) is 26.9 Å². The predicted octanol–water partition coefficient (Wildman–Crippen LogP) is 2.67. The van der Waals surface area contributed by atoms with Gasteiger partial charge in [0.2, 0.25) is 15.9 Å². The number of rotatable bonds is 4. The molecule has 1 saturated heterocycles. The van der Waals surface area contributed by atoms with E-state index in [1.54, 1.807) is 12.1 Å². The van der Waals surface area contributed by atoms with Gasteiger partial charge >= 0.3 is 0 Å². The third kappa shape index (κ3) is 3.66. The number of anilines is 1. The lowest BCUT2D eigenvalue weighted by Gasteiger charge is -2.17. The van der Waals surface area contributed by atoms with Crippen LogP contribution in [0.1, 0.15) is 6.42 Å². The van der Waals surface area contributed by atoms with Crippen LogP contribution in [0.5, 0.6) is 0 Å². The van der Waals surface area contributed by atoms with Crippen LogP contribution in [0.15, 0.2) is 57.9 Å². The van der Waals surface area contributed by atoms with Crippen molar-refractivity contribution in [3.8, 4) is 0 Å². The van der Waals surface area contributed by atoms with Gasteiger partial charge in [-0.05, 0) is 48.5 Å². The van der Waals surface area contributed by atoms with Gasteiger partial charge < -0.3 is 4.90 Å². The molecule has 0 aliphatic carbocycles. The van der Waals surface area contributed by atoms with E-state index in [-0.39, 0.29) is 23.8 Å². The van der Waals surface area contributed by atoms with Crippen LogP contribution in [0, 0.1) is 5.82 Å². The number of sulfonamides is 1. The Bertz CT molecular complexity index is 854. The molecule has 1 aliphatic rings. The summed E-state index contributed by atoms with van der Waals surface area (Å²) in [6.07, 6.45) is 0.0626. The summed E-state index contributed by atoms with van der Waals surface area (Å²) in [4.78, 5) is 13.7. The molecule has 5 nitrogen and oxygen atoms in total. The molecular formula is C16H14BrFN2O3S. The number of hydrogen-bond acceptors (Lipinski definition) is 3. The normalized spacial score (nSPS) is 18.2. The fourth-order valence-corrected chi connectivity index (χ4v) is 4.05. The highest BCUT2D eigenvalue weighted by atomic mass is 79.9. The van der Waals surface area contributed by atoms with E-state index in [0.29, 0.717) is 5.69 Å². The average Bonchev–Trinajstić information content (AvgIpc) is 2.88. The van der Waals surface area contributed by atoms with Gasteiger partial charge in [-0.15, -0.1) is 0 Å². The second kappa shape index (κ2) is 6.62. The number of carbonyl (C=O) groups excluding carboxylic acids is 1. The quantitative estimate of drug-likeness (QED) is 0.839. The molecule has 2 aromatic rings. The minimum Gasteiger partial charge on any atom is -0.311 e. The first kappa shape index (κ1) is 17.1. The minimum atomic E-state index is -3.71. The molecule has 1 amide bonds. The van der Waals surface area contributed by atoms with Gasteiger partial charge in [0.25, 0.3) is 0 Å². The molecule has 3 rings (SSSR count). The Labute approximate surface area is 147 Å². The second-order valence-electron chi connectivity index (χ2n) is 5.46. The summed E-state index contributed by atoms with van der Waals surface area (Å²) < 4.78 is 41.1. The lowest BCUT2D eigenvalue weighted by Crippen LogP contribution is -2.37. The van der Waals surface area contributed by atoms with E-state index >= 15 is 0 Å². The molecule has 1 atom stereocenters. The molecule has 0 saturated carbocycles. The fraction of sp³-hybridized carbons (Fsp3) is 0.188. The van der Waals surface area contributed by atoms with Crippen molar-refractivity contribution in [3.05, 3.63) is 58.8 Å². The molecule has 1 N–H and O–H groups in total. The molecule has 0 radical (unpaired) electrons. The number of carbonyl (C=O) groups is 1. The van der Waals surface area contributed by atoms with Gasteiger partial charge in [-0.1, -0.05) is 15.9 Å². The Morgan fingerprint density at radius 2 is 1.71 bits per heavy atom. The molecule has 0 bridgehead atoms. The van der Waals surface area contributed by atoms with Gasteiger partial charge in [-0.3, -0.25) is 4.79 Å². The third-order valence-electron chi connectivity index (χ3n) is 3.71. The Morgan fingerprint density at radius 1 is 1.08 bits per heavy atom. The molecular weight excluding hydrogens is 399 g/mol.